The van der Waals surface area contributed by atoms with Gasteiger partial charge in [0, 0.05) is 32.2 Å². The summed E-state index contributed by atoms with van der Waals surface area (Å²) >= 11 is 6.21. The van der Waals surface area contributed by atoms with Gasteiger partial charge in [-0.05, 0) is 23.3 Å². The van der Waals surface area contributed by atoms with Gasteiger partial charge in [0.05, 0.1) is 25.1 Å². The smallest absolute Gasteiger partial charge is 0.292 e. The van der Waals surface area contributed by atoms with Gasteiger partial charge in [-0.15, -0.1) is 0 Å². The highest BCUT2D eigenvalue weighted by molar-refractivity contribution is 6.32. The van der Waals surface area contributed by atoms with Crippen LogP contribution in [0.2, 0.25) is 5.02 Å². The minimum Gasteiger partial charge on any atom is -0.379 e. The molecule has 0 bridgehead atoms. The zero-order valence-corrected chi connectivity index (χ0v) is 17.4. The van der Waals surface area contributed by atoms with Gasteiger partial charge in [0.1, 0.15) is 16.5 Å². The van der Waals surface area contributed by atoms with E-state index in [1.54, 1.807) is 0 Å². The Morgan fingerprint density at radius 1 is 1.10 bits per heavy atom. The monoisotopic (exact) mass is 446 g/mol. The molecule has 0 radical (unpaired) electrons. The van der Waals surface area contributed by atoms with Crippen molar-refractivity contribution in [3.05, 3.63) is 86.8 Å². The molecular formula is C22H21ClF2N4O2. The number of hydrogen-bond donors (Lipinski definition) is 1. The van der Waals surface area contributed by atoms with E-state index in [1.807, 2.05) is 12.1 Å². The molecule has 0 aliphatic carbocycles. The highest BCUT2D eigenvalue weighted by Gasteiger charge is 2.15. The van der Waals surface area contributed by atoms with Gasteiger partial charge in [-0.2, -0.15) is 9.78 Å². The van der Waals surface area contributed by atoms with Crippen LogP contribution >= 0.6 is 11.6 Å². The van der Waals surface area contributed by atoms with Crippen molar-refractivity contribution in [3.8, 4) is 5.69 Å². The summed E-state index contributed by atoms with van der Waals surface area (Å²) in [6.07, 6.45) is 1.35. The standard InChI is InChI=1S/C22H21ClF2N4O2/c23-21-19(13-27-29(22(21)30)20-5-4-17(24)11-18(20)25)26-12-15-2-1-3-16(10-15)14-28-6-8-31-9-7-28/h1-5,10-11,13,26H,6-9,12,14H2. The summed E-state index contributed by atoms with van der Waals surface area (Å²) in [6.45, 7) is 4.61. The van der Waals surface area contributed by atoms with Crippen molar-refractivity contribution in [2.24, 2.45) is 0 Å². The predicted octanol–water partition coefficient (Wildman–Crippen LogP) is 3.61. The molecule has 0 saturated carbocycles. The van der Waals surface area contributed by atoms with E-state index in [0.29, 0.717) is 18.3 Å². The van der Waals surface area contributed by atoms with Crippen LogP contribution in [0.3, 0.4) is 0 Å². The van der Waals surface area contributed by atoms with Crippen molar-refractivity contribution >= 4 is 17.3 Å². The fraction of sp³-hybridized carbons (Fsp3) is 0.273. The Balaban J connectivity index is 1.47. The average Bonchev–Trinajstić information content (AvgIpc) is 2.76. The number of hydrogen-bond acceptors (Lipinski definition) is 5. The molecule has 1 aromatic heterocycles. The maximum absolute atomic E-state index is 14.0. The van der Waals surface area contributed by atoms with Crippen molar-refractivity contribution in [3.63, 3.8) is 0 Å². The average molecular weight is 447 g/mol. The van der Waals surface area contributed by atoms with Crippen LogP contribution in [-0.4, -0.2) is 41.0 Å². The van der Waals surface area contributed by atoms with Crippen LogP contribution in [0.15, 0.2) is 53.5 Å². The maximum atomic E-state index is 14.0. The van der Waals surface area contributed by atoms with E-state index in [4.69, 9.17) is 16.3 Å². The number of aromatic nitrogens is 2. The predicted molar refractivity (Wildman–Crippen MR) is 115 cm³/mol. The maximum Gasteiger partial charge on any atom is 0.292 e. The summed E-state index contributed by atoms with van der Waals surface area (Å²) in [5.41, 5.74) is 1.68. The molecule has 0 spiro atoms. The molecule has 2 heterocycles. The number of nitrogens with one attached hydrogen (secondary N) is 1. The second kappa shape index (κ2) is 9.55. The highest BCUT2D eigenvalue weighted by atomic mass is 35.5. The van der Waals surface area contributed by atoms with Gasteiger partial charge in [0.2, 0.25) is 0 Å². The van der Waals surface area contributed by atoms with Crippen LogP contribution in [0.5, 0.6) is 0 Å². The SMILES string of the molecule is O=c1c(Cl)c(NCc2cccc(CN3CCOCC3)c2)cnn1-c1ccc(F)cc1F. The second-order valence-corrected chi connectivity index (χ2v) is 7.62. The molecule has 1 aliphatic rings. The first-order chi connectivity index (χ1) is 15.0. The van der Waals surface area contributed by atoms with Crippen LogP contribution in [0.4, 0.5) is 14.5 Å². The van der Waals surface area contributed by atoms with E-state index >= 15 is 0 Å². The summed E-state index contributed by atoms with van der Waals surface area (Å²) in [4.78, 5) is 14.9. The van der Waals surface area contributed by atoms with Gasteiger partial charge in [0.25, 0.3) is 5.56 Å². The number of ether oxygens (including phenoxy) is 1. The Morgan fingerprint density at radius 3 is 2.65 bits per heavy atom. The Morgan fingerprint density at radius 2 is 1.87 bits per heavy atom. The molecule has 2 aromatic carbocycles. The van der Waals surface area contributed by atoms with Gasteiger partial charge in [-0.25, -0.2) is 8.78 Å². The molecule has 1 N–H and O–H groups in total. The van der Waals surface area contributed by atoms with E-state index < -0.39 is 17.2 Å². The third kappa shape index (κ3) is 5.10. The summed E-state index contributed by atoms with van der Waals surface area (Å²) in [7, 11) is 0. The minimum atomic E-state index is -0.900. The van der Waals surface area contributed by atoms with E-state index in [-0.39, 0.29) is 10.7 Å². The summed E-state index contributed by atoms with van der Waals surface area (Å²) < 4.78 is 33.3. The first kappa shape index (κ1) is 21.4. The molecule has 0 unspecified atom stereocenters. The lowest BCUT2D eigenvalue weighted by molar-refractivity contribution is 0.0342. The molecule has 6 nitrogen and oxygen atoms in total. The van der Waals surface area contributed by atoms with Gasteiger partial charge in [-0.1, -0.05) is 35.9 Å². The van der Waals surface area contributed by atoms with E-state index in [0.717, 1.165) is 55.2 Å². The number of benzene rings is 2. The zero-order chi connectivity index (χ0) is 21.8. The molecule has 162 valence electrons. The third-order valence-electron chi connectivity index (χ3n) is 5.04. The molecule has 1 fully saturated rings. The fourth-order valence-corrected chi connectivity index (χ4v) is 3.63. The van der Waals surface area contributed by atoms with Crippen molar-refractivity contribution in [1.29, 1.82) is 0 Å². The zero-order valence-electron chi connectivity index (χ0n) is 16.7. The molecule has 9 heteroatoms. The highest BCUT2D eigenvalue weighted by Crippen LogP contribution is 2.20. The summed E-state index contributed by atoms with van der Waals surface area (Å²) in [6, 6.07) is 11.0. The molecule has 3 aromatic rings. The van der Waals surface area contributed by atoms with Gasteiger partial charge in [-0.3, -0.25) is 9.69 Å². The molecular weight excluding hydrogens is 426 g/mol. The quantitative estimate of drug-likeness (QED) is 0.627. The number of rotatable bonds is 6. The van der Waals surface area contributed by atoms with Crippen LogP contribution in [0, 0.1) is 11.6 Å². The van der Waals surface area contributed by atoms with Gasteiger partial charge in [0.15, 0.2) is 5.82 Å². The number of halogens is 3. The van der Waals surface area contributed by atoms with Crippen LogP contribution in [0.25, 0.3) is 5.69 Å². The second-order valence-electron chi connectivity index (χ2n) is 7.25. The first-order valence-corrected chi connectivity index (χ1v) is 10.2. The third-order valence-corrected chi connectivity index (χ3v) is 5.41. The van der Waals surface area contributed by atoms with Gasteiger partial charge < -0.3 is 10.1 Å². The Kier molecular flexibility index (Phi) is 6.60. The summed E-state index contributed by atoms with van der Waals surface area (Å²) in [5, 5.41) is 6.97. The topological polar surface area (TPSA) is 59.4 Å². The first-order valence-electron chi connectivity index (χ1n) is 9.86. The lowest BCUT2D eigenvalue weighted by atomic mass is 10.1. The molecule has 1 saturated heterocycles. The lowest BCUT2D eigenvalue weighted by Gasteiger charge is -2.26. The number of anilines is 1. The lowest BCUT2D eigenvalue weighted by Crippen LogP contribution is -2.35. The van der Waals surface area contributed by atoms with E-state index in [2.05, 4.69) is 27.4 Å². The van der Waals surface area contributed by atoms with Crippen LogP contribution < -0.4 is 10.9 Å². The number of morpholine rings is 1. The molecule has 31 heavy (non-hydrogen) atoms. The largest absolute Gasteiger partial charge is 0.379 e. The fourth-order valence-electron chi connectivity index (χ4n) is 3.43. The Hall–Kier alpha value is -2.81. The van der Waals surface area contributed by atoms with Gasteiger partial charge >= 0.3 is 0 Å². The minimum absolute atomic E-state index is 0.122. The Bertz CT molecular complexity index is 1130. The van der Waals surface area contributed by atoms with Crippen molar-refractivity contribution in [2.75, 3.05) is 31.6 Å². The van der Waals surface area contributed by atoms with E-state index in [1.165, 1.54) is 11.8 Å². The molecule has 0 atom stereocenters. The number of nitrogens with zero attached hydrogens (tertiary/aromatic N) is 3. The normalized spacial score (nSPS) is 14.5. The molecule has 1 aliphatic heterocycles. The van der Waals surface area contributed by atoms with E-state index in [9.17, 15) is 13.6 Å². The molecule has 0 amide bonds. The Labute approximate surface area is 183 Å². The molecule has 4 rings (SSSR count). The van der Waals surface area contributed by atoms with Crippen molar-refractivity contribution < 1.29 is 13.5 Å². The summed E-state index contributed by atoms with van der Waals surface area (Å²) in [5.74, 6) is -1.64. The van der Waals surface area contributed by atoms with Crippen molar-refractivity contribution in [1.82, 2.24) is 14.7 Å². The van der Waals surface area contributed by atoms with Crippen LogP contribution in [-0.2, 0) is 17.8 Å². The van der Waals surface area contributed by atoms with Crippen molar-refractivity contribution in [2.45, 2.75) is 13.1 Å². The van der Waals surface area contributed by atoms with Crippen LogP contribution in [0.1, 0.15) is 11.1 Å².